The molecule has 2 N–H and O–H groups in total. The highest BCUT2D eigenvalue weighted by molar-refractivity contribution is 5.88. The second kappa shape index (κ2) is 12.0. The van der Waals surface area contributed by atoms with Crippen LogP contribution in [0.4, 0.5) is 0 Å². The predicted molar refractivity (Wildman–Crippen MR) is 135 cm³/mol. The second-order valence-electron chi connectivity index (χ2n) is 10.6. The Balaban J connectivity index is 2.45. The van der Waals surface area contributed by atoms with Crippen LogP contribution in [0.15, 0.2) is 40.1 Å². The smallest absolute Gasteiger partial charge is 0.309 e. The number of allylic oxidation sites excluding steroid dienone is 3. The maximum absolute atomic E-state index is 13.2. The van der Waals surface area contributed by atoms with Crippen molar-refractivity contribution in [2.75, 3.05) is 0 Å². The number of ketones is 1. The molecule has 0 aliphatic carbocycles. The summed E-state index contributed by atoms with van der Waals surface area (Å²) in [4.78, 5) is 30.4. The van der Waals surface area contributed by atoms with Crippen LogP contribution in [0.2, 0.25) is 0 Å². The molecule has 0 saturated carbocycles. The molecular formula is C28H41NO6. The Morgan fingerprint density at radius 3 is 2.43 bits per heavy atom. The molecule has 1 aliphatic rings. The third kappa shape index (κ3) is 7.48. The van der Waals surface area contributed by atoms with Crippen LogP contribution in [-0.4, -0.2) is 45.3 Å². The Hall–Kier alpha value is -2.51. The number of Topliss-reactive ketones (excluding diaryl/α,β-unsaturated/α-hetero) is 1. The van der Waals surface area contributed by atoms with E-state index in [2.05, 4.69) is 4.98 Å². The molecular weight excluding hydrogens is 446 g/mol. The average molecular weight is 488 g/mol. The van der Waals surface area contributed by atoms with Crippen LogP contribution in [0, 0.1) is 30.1 Å². The minimum Gasteiger partial charge on any atom is -0.457 e. The number of oxazole rings is 1. The molecule has 0 spiro atoms. The zero-order chi connectivity index (χ0) is 26.5. The molecule has 2 rings (SSSR count). The van der Waals surface area contributed by atoms with Gasteiger partial charge in [-0.2, -0.15) is 0 Å². The van der Waals surface area contributed by atoms with Gasteiger partial charge in [0.1, 0.15) is 23.8 Å². The van der Waals surface area contributed by atoms with Gasteiger partial charge in [0.05, 0.1) is 24.0 Å². The van der Waals surface area contributed by atoms with E-state index in [9.17, 15) is 19.8 Å². The summed E-state index contributed by atoms with van der Waals surface area (Å²) in [6.07, 6.45) is 6.90. The molecule has 2 heterocycles. The normalized spacial score (nSPS) is 34.1. The molecule has 0 aromatic carbocycles. The summed E-state index contributed by atoms with van der Waals surface area (Å²) in [6, 6.07) is 0. The van der Waals surface area contributed by atoms with Crippen LogP contribution >= 0.6 is 0 Å². The average Bonchev–Trinajstić information content (AvgIpc) is 3.19. The van der Waals surface area contributed by atoms with E-state index in [0.717, 1.165) is 11.1 Å². The molecule has 0 saturated heterocycles. The van der Waals surface area contributed by atoms with E-state index in [0.29, 0.717) is 18.0 Å². The van der Waals surface area contributed by atoms with Gasteiger partial charge in [-0.15, -0.1) is 0 Å². The number of nitrogens with zero attached hydrogens (tertiary/aromatic N) is 1. The number of aryl methyl sites for hydroxylation is 1. The monoisotopic (exact) mass is 487 g/mol. The molecule has 0 radical (unpaired) electrons. The van der Waals surface area contributed by atoms with E-state index in [4.69, 9.17) is 9.15 Å². The van der Waals surface area contributed by atoms with E-state index >= 15 is 0 Å². The SMILES string of the molecule is CC1=C\[C@H](C)[C@@H](/C(C)=C/c2coc(C)n2)OC(=O)C[C@H](O)C(C)(C)C(=O)[C@H](C)[C@@H](O)[C@@H](C)C\C=C\1. The Labute approximate surface area is 209 Å². The summed E-state index contributed by atoms with van der Waals surface area (Å²) < 4.78 is 11.1. The minimum absolute atomic E-state index is 0.148. The Bertz CT molecular complexity index is 985. The quantitative estimate of drug-likeness (QED) is 0.576. The molecule has 0 fully saturated rings. The number of aliphatic hydroxyl groups excluding tert-OH is 2. The molecule has 35 heavy (non-hydrogen) atoms. The van der Waals surface area contributed by atoms with E-state index in [1.165, 1.54) is 0 Å². The fraction of sp³-hybridized carbons (Fsp3) is 0.607. The van der Waals surface area contributed by atoms with Gasteiger partial charge >= 0.3 is 5.97 Å². The van der Waals surface area contributed by atoms with E-state index in [-0.39, 0.29) is 24.0 Å². The zero-order valence-corrected chi connectivity index (χ0v) is 22.2. The molecule has 0 unspecified atom stereocenters. The summed E-state index contributed by atoms with van der Waals surface area (Å²) >= 11 is 0. The summed E-state index contributed by atoms with van der Waals surface area (Å²) in [5.74, 6) is -1.36. The number of rotatable bonds is 2. The summed E-state index contributed by atoms with van der Waals surface area (Å²) in [6.45, 7) is 14.3. The van der Waals surface area contributed by atoms with Crippen molar-refractivity contribution in [2.24, 2.45) is 23.2 Å². The van der Waals surface area contributed by atoms with Gasteiger partial charge in [-0.1, -0.05) is 58.4 Å². The van der Waals surface area contributed by atoms with Crippen LogP contribution < -0.4 is 0 Å². The largest absolute Gasteiger partial charge is 0.457 e. The van der Waals surface area contributed by atoms with Crippen molar-refractivity contribution in [2.45, 2.75) is 86.5 Å². The molecule has 7 heteroatoms. The molecule has 6 atom stereocenters. The molecule has 1 aromatic heterocycles. The lowest BCUT2D eigenvalue weighted by Gasteiger charge is -2.34. The molecule has 0 bridgehead atoms. The number of cyclic esters (lactones) is 1. The van der Waals surface area contributed by atoms with Crippen molar-refractivity contribution in [1.82, 2.24) is 4.98 Å². The number of esters is 1. The fourth-order valence-corrected chi connectivity index (χ4v) is 4.54. The number of ether oxygens (including phenoxy) is 1. The maximum atomic E-state index is 13.2. The number of aromatic nitrogens is 1. The van der Waals surface area contributed by atoms with Gasteiger partial charge in [0.15, 0.2) is 5.89 Å². The standard InChI is InChI=1S/C28H41NO6/c1-16-10-9-11-17(2)25(32)20(5)27(33)28(7,8)23(30)14-24(31)35-26(18(3)12-16)19(4)13-22-15-34-21(6)29-22/h9-10,12-13,15,17-18,20,23,25-26,30,32H,11,14H2,1-8H3/b10-9+,16-12+,19-13+/t17-,18-,20+,23-,25-,26-/m0/s1. The molecule has 1 aromatic rings. The van der Waals surface area contributed by atoms with E-state index < -0.39 is 35.6 Å². The lowest BCUT2D eigenvalue weighted by Crippen LogP contribution is -2.45. The summed E-state index contributed by atoms with van der Waals surface area (Å²) in [7, 11) is 0. The van der Waals surface area contributed by atoms with Gasteiger partial charge in [-0.05, 0) is 37.8 Å². The lowest BCUT2D eigenvalue weighted by atomic mass is 9.73. The van der Waals surface area contributed by atoms with Crippen molar-refractivity contribution in [3.63, 3.8) is 0 Å². The Kier molecular flexibility index (Phi) is 9.81. The van der Waals surface area contributed by atoms with Gasteiger partial charge in [0.2, 0.25) is 0 Å². The highest BCUT2D eigenvalue weighted by Gasteiger charge is 2.42. The van der Waals surface area contributed by atoms with Gasteiger partial charge < -0.3 is 19.4 Å². The van der Waals surface area contributed by atoms with Gasteiger partial charge in [-0.3, -0.25) is 9.59 Å². The van der Waals surface area contributed by atoms with Crippen LogP contribution in [-0.2, 0) is 14.3 Å². The van der Waals surface area contributed by atoms with Crippen LogP contribution in [0.1, 0.15) is 72.9 Å². The molecule has 7 nitrogen and oxygen atoms in total. The number of hydrogen-bond donors (Lipinski definition) is 2. The van der Waals surface area contributed by atoms with Crippen molar-refractivity contribution in [3.8, 4) is 0 Å². The first-order valence-electron chi connectivity index (χ1n) is 12.3. The number of hydrogen-bond acceptors (Lipinski definition) is 7. The molecule has 0 amide bonds. The first kappa shape index (κ1) is 28.7. The van der Waals surface area contributed by atoms with Crippen molar-refractivity contribution in [1.29, 1.82) is 0 Å². The third-order valence-corrected chi connectivity index (χ3v) is 6.95. The van der Waals surface area contributed by atoms with Crippen LogP contribution in [0.25, 0.3) is 6.08 Å². The first-order valence-corrected chi connectivity index (χ1v) is 12.3. The van der Waals surface area contributed by atoms with Gasteiger partial charge in [0, 0.05) is 18.8 Å². The summed E-state index contributed by atoms with van der Waals surface area (Å²) in [5.41, 5.74) is 1.17. The Morgan fingerprint density at radius 2 is 1.83 bits per heavy atom. The van der Waals surface area contributed by atoms with Gasteiger partial charge in [0.25, 0.3) is 0 Å². The van der Waals surface area contributed by atoms with Crippen molar-refractivity contribution in [3.05, 3.63) is 47.2 Å². The lowest BCUT2D eigenvalue weighted by molar-refractivity contribution is -0.155. The minimum atomic E-state index is -1.25. The number of carbonyl (C=O) groups excluding carboxylic acids is 2. The maximum Gasteiger partial charge on any atom is 0.309 e. The van der Waals surface area contributed by atoms with E-state index in [1.54, 1.807) is 34.0 Å². The third-order valence-electron chi connectivity index (χ3n) is 6.95. The fourth-order valence-electron chi connectivity index (χ4n) is 4.54. The predicted octanol–water partition coefficient (Wildman–Crippen LogP) is 4.82. The van der Waals surface area contributed by atoms with Crippen molar-refractivity contribution < 1.29 is 29.0 Å². The first-order chi connectivity index (χ1) is 16.2. The highest BCUT2D eigenvalue weighted by Crippen LogP contribution is 2.32. The second-order valence-corrected chi connectivity index (χ2v) is 10.6. The summed E-state index contributed by atoms with van der Waals surface area (Å²) in [5, 5.41) is 21.6. The molecule has 194 valence electrons. The van der Waals surface area contributed by atoms with Crippen LogP contribution in [0.5, 0.6) is 0 Å². The van der Waals surface area contributed by atoms with Gasteiger partial charge in [-0.25, -0.2) is 4.98 Å². The molecule has 1 aliphatic heterocycles. The number of aliphatic hydroxyl groups is 2. The van der Waals surface area contributed by atoms with Crippen LogP contribution in [0.3, 0.4) is 0 Å². The highest BCUT2D eigenvalue weighted by atomic mass is 16.5. The number of carbonyl (C=O) groups is 2. The Morgan fingerprint density at radius 1 is 1.17 bits per heavy atom. The zero-order valence-electron chi connectivity index (χ0n) is 22.2. The van der Waals surface area contributed by atoms with E-state index in [1.807, 2.05) is 52.0 Å². The van der Waals surface area contributed by atoms with Crippen molar-refractivity contribution >= 4 is 17.8 Å². The topological polar surface area (TPSA) is 110 Å².